The van der Waals surface area contributed by atoms with E-state index < -0.39 is 77.6 Å². The summed E-state index contributed by atoms with van der Waals surface area (Å²) in [6, 6.07) is 12.0. The zero-order chi connectivity index (χ0) is 38.8. The van der Waals surface area contributed by atoms with E-state index in [0.717, 1.165) is 11.1 Å². The minimum Gasteiger partial charge on any atom is -0.368 e. The lowest BCUT2D eigenvalue weighted by atomic mass is 9.98. The highest BCUT2D eigenvalue weighted by Gasteiger charge is 2.34. The molecule has 0 aliphatic carbocycles. The van der Waals surface area contributed by atoms with E-state index in [2.05, 4.69) is 26.6 Å². The molecule has 0 bridgehead atoms. The number of carbonyl (C=O) groups is 6. The van der Waals surface area contributed by atoms with Crippen LogP contribution in [0.4, 0.5) is 0 Å². The van der Waals surface area contributed by atoms with Crippen molar-refractivity contribution in [1.29, 1.82) is 0 Å². The maximum Gasteiger partial charge on any atom is 0.243 e. The van der Waals surface area contributed by atoms with Crippen LogP contribution in [0.3, 0.4) is 0 Å². The number of amides is 6. The third-order valence-corrected chi connectivity index (χ3v) is 8.44. The lowest BCUT2D eigenvalue weighted by Gasteiger charge is -2.29. The Balaban J connectivity index is 2.33. The van der Waals surface area contributed by atoms with Gasteiger partial charge in [-0.2, -0.15) is 0 Å². The summed E-state index contributed by atoms with van der Waals surface area (Å²) in [5.41, 5.74) is 18.4. The van der Waals surface area contributed by atoms with E-state index in [1.807, 2.05) is 62.4 Å². The van der Waals surface area contributed by atoms with Crippen LogP contribution in [0.2, 0.25) is 0 Å². The van der Waals surface area contributed by atoms with Crippen LogP contribution < -0.4 is 43.8 Å². The van der Waals surface area contributed by atoms with Crippen LogP contribution in [0.5, 0.6) is 0 Å². The molecule has 2 aromatic rings. The van der Waals surface area contributed by atoms with Gasteiger partial charge in [0.15, 0.2) is 0 Å². The molecule has 0 aliphatic heterocycles. The summed E-state index contributed by atoms with van der Waals surface area (Å²) in [6.07, 6.45) is 2.03. The largest absolute Gasteiger partial charge is 0.368 e. The number of nitrogens with two attached hydrogens (primary N) is 3. The molecule has 0 unspecified atom stereocenters. The molecule has 0 aromatic heterocycles. The fourth-order valence-electron chi connectivity index (χ4n) is 5.50. The Kier molecular flexibility index (Phi) is 18.5. The van der Waals surface area contributed by atoms with Gasteiger partial charge in [0.25, 0.3) is 0 Å². The van der Waals surface area contributed by atoms with E-state index in [0.29, 0.717) is 25.8 Å². The summed E-state index contributed by atoms with van der Waals surface area (Å²) in [7, 11) is 0. The second-order valence-corrected chi connectivity index (χ2v) is 14.0. The molecule has 11 N–H and O–H groups in total. The number of benzene rings is 2. The number of carbonyl (C=O) groups excluding carboxylic acids is 6. The molecule has 14 nitrogen and oxygen atoms in total. The maximum atomic E-state index is 14.0. The smallest absolute Gasteiger partial charge is 0.243 e. The van der Waals surface area contributed by atoms with Gasteiger partial charge >= 0.3 is 0 Å². The van der Waals surface area contributed by atoms with Gasteiger partial charge in [-0.05, 0) is 62.1 Å². The van der Waals surface area contributed by atoms with Crippen molar-refractivity contribution in [2.45, 2.75) is 109 Å². The van der Waals surface area contributed by atoms with Crippen LogP contribution in [0.15, 0.2) is 60.7 Å². The quantitative estimate of drug-likeness (QED) is 0.0797. The van der Waals surface area contributed by atoms with Gasteiger partial charge in [-0.1, -0.05) is 88.4 Å². The summed E-state index contributed by atoms with van der Waals surface area (Å²) >= 11 is 0. The lowest BCUT2D eigenvalue weighted by Crippen LogP contribution is -2.61. The predicted molar refractivity (Wildman–Crippen MR) is 200 cm³/mol. The van der Waals surface area contributed by atoms with Crippen molar-refractivity contribution in [1.82, 2.24) is 26.6 Å². The summed E-state index contributed by atoms with van der Waals surface area (Å²) in [6.45, 7) is 9.20. The normalized spacial score (nSPS) is 14.6. The van der Waals surface area contributed by atoms with Crippen molar-refractivity contribution < 1.29 is 28.8 Å². The highest BCUT2D eigenvalue weighted by Crippen LogP contribution is 2.12. The predicted octanol–water partition coefficient (Wildman–Crippen LogP) is 0.559. The van der Waals surface area contributed by atoms with Crippen LogP contribution in [0, 0.1) is 11.8 Å². The van der Waals surface area contributed by atoms with Crippen molar-refractivity contribution in [2.24, 2.45) is 29.0 Å². The van der Waals surface area contributed by atoms with E-state index in [-0.39, 0.29) is 25.2 Å². The minimum absolute atomic E-state index is 0.00976. The summed E-state index contributed by atoms with van der Waals surface area (Å²) < 4.78 is 0. The Hall–Kier alpha value is -4.82. The van der Waals surface area contributed by atoms with Crippen molar-refractivity contribution in [2.75, 3.05) is 6.54 Å². The third kappa shape index (κ3) is 15.2. The Bertz CT molecular complexity index is 1450. The topological polar surface area (TPSA) is 241 Å². The molecule has 0 saturated carbocycles. The molecule has 0 heterocycles. The molecule has 52 heavy (non-hydrogen) atoms. The molecule has 6 amide bonds. The van der Waals surface area contributed by atoms with Gasteiger partial charge in [0.2, 0.25) is 35.4 Å². The van der Waals surface area contributed by atoms with Crippen molar-refractivity contribution >= 4 is 35.4 Å². The Morgan fingerprint density at radius 2 is 1.02 bits per heavy atom. The zero-order valence-electron chi connectivity index (χ0n) is 31.0. The molecule has 0 spiro atoms. The average Bonchev–Trinajstić information content (AvgIpc) is 3.09. The monoisotopic (exact) mass is 722 g/mol. The SMILES string of the molecule is CC(C)C[C@@H](NC(=O)[C@H](NC(=O)[C@@H](Cc1ccccc1)NC(=O)[C@@H](Cc1ccccc1)NC(=O)[C@@H](C)N)C(C)C)C(=O)N[C@H](CCCCN)C(N)=O. The molecule has 286 valence electrons. The summed E-state index contributed by atoms with van der Waals surface area (Å²) in [5, 5.41) is 13.7. The van der Waals surface area contributed by atoms with Gasteiger partial charge in [0.1, 0.15) is 30.2 Å². The standard InChI is InChI=1S/C38H58N8O6/c1-23(2)20-29(35(49)42-28(33(41)47)18-12-13-19-39)45-38(52)32(24(3)4)46-37(51)31(22-27-16-10-7-11-17-27)44-36(50)30(43-34(48)25(5)40)21-26-14-8-6-9-15-26/h6-11,14-17,23-25,28-32H,12-13,18-22,39-40H2,1-5H3,(H2,41,47)(H,42,49)(H,43,48)(H,44,50)(H,45,52)(H,46,51)/t25-,28-,29-,30-,31-,32-/m1/s1. The first-order chi connectivity index (χ1) is 24.6. The second-order valence-electron chi connectivity index (χ2n) is 14.0. The third-order valence-electron chi connectivity index (χ3n) is 8.44. The van der Waals surface area contributed by atoms with Gasteiger partial charge in [0.05, 0.1) is 6.04 Å². The molecule has 0 fully saturated rings. The Morgan fingerprint density at radius 3 is 1.46 bits per heavy atom. The van der Waals surface area contributed by atoms with Crippen LogP contribution in [-0.2, 0) is 41.6 Å². The van der Waals surface area contributed by atoms with Crippen molar-refractivity contribution in [3.8, 4) is 0 Å². The van der Waals surface area contributed by atoms with Crippen LogP contribution in [0.1, 0.15) is 71.4 Å². The van der Waals surface area contributed by atoms with E-state index in [9.17, 15) is 28.8 Å². The van der Waals surface area contributed by atoms with Gasteiger partial charge in [-0.3, -0.25) is 28.8 Å². The molecule has 2 rings (SSSR count). The van der Waals surface area contributed by atoms with Crippen LogP contribution in [-0.4, -0.2) is 78.2 Å². The van der Waals surface area contributed by atoms with E-state index >= 15 is 0 Å². The number of unbranched alkanes of at least 4 members (excludes halogenated alkanes) is 1. The summed E-state index contributed by atoms with van der Waals surface area (Å²) in [5.74, 6) is -4.09. The number of rotatable bonds is 22. The number of hydrogen-bond acceptors (Lipinski definition) is 8. The Labute approximate surface area is 307 Å². The molecule has 0 saturated heterocycles. The molecule has 14 heteroatoms. The van der Waals surface area contributed by atoms with Gasteiger partial charge in [0, 0.05) is 12.8 Å². The number of primary amides is 1. The molecule has 6 atom stereocenters. The lowest BCUT2D eigenvalue weighted by molar-refractivity contribution is -0.135. The maximum absolute atomic E-state index is 14.0. The molecule has 0 radical (unpaired) electrons. The fraction of sp³-hybridized carbons (Fsp3) is 0.526. The fourth-order valence-corrected chi connectivity index (χ4v) is 5.50. The highest BCUT2D eigenvalue weighted by atomic mass is 16.2. The molecule has 2 aromatic carbocycles. The minimum atomic E-state index is -1.14. The van der Waals surface area contributed by atoms with E-state index in [4.69, 9.17) is 17.2 Å². The number of hydrogen-bond donors (Lipinski definition) is 8. The van der Waals surface area contributed by atoms with Crippen LogP contribution in [0.25, 0.3) is 0 Å². The van der Waals surface area contributed by atoms with Crippen LogP contribution >= 0.6 is 0 Å². The van der Waals surface area contributed by atoms with Gasteiger partial charge in [-0.15, -0.1) is 0 Å². The van der Waals surface area contributed by atoms with Crippen molar-refractivity contribution in [3.05, 3.63) is 71.8 Å². The van der Waals surface area contributed by atoms with Gasteiger partial charge in [-0.25, -0.2) is 0 Å². The second kappa shape index (κ2) is 22.2. The van der Waals surface area contributed by atoms with Crippen molar-refractivity contribution in [3.63, 3.8) is 0 Å². The van der Waals surface area contributed by atoms with E-state index in [1.54, 1.807) is 26.0 Å². The first-order valence-corrected chi connectivity index (χ1v) is 18.0. The molecule has 0 aliphatic rings. The van der Waals surface area contributed by atoms with E-state index in [1.165, 1.54) is 6.92 Å². The first-order valence-electron chi connectivity index (χ1n) is 18.0. The highest BCUT2D eigenvalue weighted by molar-refractivity contribution is 5.96. The first kappa shape index (κ1) is 43.3. The molecular formula is C38H58N8O6. The Morgan fingerprint density at radius 1 is 0.577 bits per heavy atom. The number of nitrogens with one attached hydrogen (secondary N) is 5. The van der Waals surface area contributed by atoms with Gasteiger partial charge < -0.3 is 43.8 Å². The summed E-state index contributed by atoms with van der Waals surface area (Å²) in [4.78, 5) is 79.7. The average molecular weight is 723 g/mol. The molecular weight excluding hydrogens is 664 g/mol. The zero-order valence-corrected chi connectivity index (χ0v) is 31.0.